The summed E-state index contributed by atoms with van der Waals surface area (Å²) < 4.78 is 36.6. The van der Waals surface area contributed by atoms with Gasteiger partial charge in [0.2, 0.25) is 0 Å². The molecule has 17 heavy (non-hydrogen) atoms. The number of ether oxygens (including phenoxy) is 1. The van der Waals surface area contributed by atoms with Gasteiger partial charge in [0.25, 0.3) is 0 Å². The lowest BCUT2D eigenvalue weighted by Crippen LogP contribution is -1.99. The summed E-state index contributed by atoms with van der Waals surface area (Å²) in [5.41, 5.74) is 0.401. The van der Waals surface area contributed by atoms with E-state index in [1.165, 1.54) is 12.5 Å². The average Bonchev–Trinajstić information content (AvgIpc) is 2.79. The van der Waals surface area contributed by atoms with E-state index in [1.54, 1.807) is 6.07 Å². The smallest absolute Gasteiger partial charge is 0.135 e. The van der Waals surface area contributed by atoms with Gasteiger partial charge in [0.1, 0.15) is 24.0 Å². The quantitative estimate of drug-likeness (QED) is 0.893. The fourth-order valence-electron chi connectivity index (χ4n) is 1.36. The van der Waals surface area contributed by atoms with Crippen molar-refractivity contribution in [3.05, 3.63) is 53.5 Å². The Kier molecular flexibility index (Phi) is 3.39. The van der Waals surface area contributed by atoms with Gasteiger partial charge in [0.05, 0.1) is 19.1 Å². The number of halogens is 2. The van der Waals surface area contributed by atoms with Gasteiger partial charge in [-0.05, 0) is 6.07 Å². The zero-order valence-corrected chi connectivity index (χ0v) is 8.82. The molecule has 1 aromatic heterocycles. The molecule has 0 unspecified atom stereocenters. The normalized spacial score (nSPS) is 10.5. The van der Waals surface area contributed by atoms with Crippen molar-refractivity contribution in [1.82, 2.24) is 0 Å². The van der Waals surface area contributed by atoms with Crippen molar-refractivity contribution in [3.63, 3.8) is 0 Å². The Morgan fingerprint density at radius 1 is 1.24 bits per heavy atom. The third-order valence-corrected chi connectivity index (χ3v) is 2.26. The summed E-state index contributed by atoms with van der Waals surface area (Å²) in [4.78, 5) is 0. The van der Waals surface area contributed by atoms with Crippen LogP contribution in [0, 0.1) is 11.6 Å². The monoisotopic (exact) mass is 240 g/mol. The standard InChI is InChI=1S/C12H10F2O3/c13-11-3-9(4-12(14)10(11)5-15)17-7-8-1-2-16-6-8/h1-4,6,15H,5,7H2. The highest BCUT2D eigenvalue weighted by molar-refractivity contribution is 5.30. The molecule has 0 radical (unpaired) electrons. The van der Waals surface area contributed by atoms with E-state index < -0.39 is 18.2 Å². The van der Waals surface area contributed by atoms with Crippen molar-refractivity contribution in [2.45, 2.75) is 13.2 Å². The molecular formula is C12H10F2O3. The van der Waals surface area contributed by atoms with Crippen LogP contribution in [0.5, 0.6) is 5.75 Å². The molecule has 0 aliphatic heterocycles. The number of hydrogen-bond donors (Lipinski definition) is 1. The molecule has 1 aromatic carbocycles. The average molecular weight is 240 g/mol. The van der Waals surface area contributed by atoms with Gasteiger partial charge in [-0.25, -0.2) is 8.78 Å². The second kappa shape index (κ2) is 4.97. The van der Waals surface area contributed by atoms with Crippen LogP contribution in [0.4, 0.5) is 8.78 Å². The Morgan fingerprint density at radius 3 is 2.47 bits per heavy atom. The van der Waals surface area contributed by atoms with E-state index in [9.17, 15) is 8.78 Å². The minimum absolute atomic E-state index is 0.0680. The first-order chi connectivity index (χ1) is 8.20. The molecular weight excluding hydrogens is 230 g/mol. The summed E-state index contributed by atoms with van der Waals surface area (Å²) in [5, 5.41) is 8.74. The SMILES string of the molecule is OCc1c(F)cc(OCc2ccoc2)cc1F. The number of furan rings is 1. The van der Waals surface area contributed by atoms with Crippen LogP contribution in [0.3, 0.4) is 0 Å². The van der Waals surface area contributed by atoms with E-state index in [0.29, 0.717) is 0 Å². The molecule has 2 rings (SSSR count). The maximum Gasteiger partial charge on any atom is 0.135 e. The van der Waals surface area contributed by atoms with Gasteiger partial charge in [-0.1, -0.05) is 0 Å². The summed E-state index contributed by atoms with van der Waals surface area (Å²) in [6, 6.07) is 3.76. The Morgan fingerprint density at radius 2 is 1.94 bits per heavy atom. The Balaban J connectivity index is 2.12. The zero-order chi connectivity index (χ0) is 12.3. The number of benzene rings is 1. The summed E-state index contributed by atoms with van der Waals surface area (Å²) in [5.74, 6) is -1.58. The van der Waals surface area contributed by atoms with Crippen molar-refractivity contribution < 1.29 is 23.0 Å². The van der Waals surface area contributed by atoms with Gasteiger partial charge in [0, 0.05) is 23.3 Å². The fourth-order valence-corrected chi connectivity index (χ4v) is 1.36. The predicted octanol–water partition coefficient (Wildman–Crippen LogP) is 2.63. The van der Waals surface area contributed by atoms with E-state index in [0.717, 1.165) is 17.7 Å². The molecule has 0 fully saturated rings. The fraction of sp³-hybridized carbons (Fsp3) is 0.167. The third-order valence-electron chi connectivity index (χ3n) is 2.26. The van der Waals surface area contributed by atoms with Crippen molar-refractivity contribution in [3.8, 4) is 5.75 Å². The molecule has 0 saturated heterocycles. The molecule has 0 aliphatic rings. The maximum atomic E-state index is 13.3. The largest absolute Gasteiger partial charge is 0.489 e. The lowest BCUT2D eigenvalue weighted by molar-refractivity contribution is 0.265. The topological polar surface area (TPSA) is 42.6 Å². The van der Waals surface area contributed by atoms with Crippen LogP contribution in [-0.2, 0) is 13.2 Å². The maximum absolute atomic E-state index is 13.3. The van der Waals surface area contributed by atoms with E-state index in [1.807, 2.05) is 0 Å². The molecule has 0 aliphatic carbocycles. The molecule has 90 valence electrons. The highest BCUT2D eigenvalue weighted by atomic mass is 19.1. The molecule has 1 heterocycles. The summed E-state index contributed by atoms with van der Waals surface area (Å²) >= 11 is 0. The Bertz CT molecular complexity index is 471. The van der Waals surface area contributed by atoms with Crippen LogP contribution in [0.15, 0.2) is 35.1 Å². The third kappa shape index (κ3) is 2.62. The minimum atomic E-state index is -0.824. The molecule has 2 aromatic rings. The molecule has 0 bridgehead atoms. The minimum Gasteiger partial charge on any atom is -0.489 e. The van der Waals surface area contributed by atoms with Gasteiger partial charge in [-0.2, -0.15) is 0 Å². The van der Waals surface area contributed by atoms with Crippen LogP contribution in [0.2, 0.25) is 0 Å². The molecule has 0 amide bonds. The summed E-state index contributed by atoms with van der Waals surface area (Å²) in [7, 11) is 0. The van der Waals surface area contributed by atoms with Gasteiger partial charge in [-0.3, -0.25) is 0 Å². The Hall–Kier alpha value is -1.88. The molecule has 5 heteroatoms. The first kappa shape index (κ1) is 11.6. The van der Waals surface area contributed by atoms with E-state index in [4.69, 9.17) is 14.3 Å². The van der Waals surface area contributed by atoms with Crippen LogP contribution in [0.1, 0.15) is 11.1 Å². The first-order valence-corrected chi connectivity index (χ1v) is 4.93. The molecule has 0 spiro atoms. The highest BCUT2D eigenvalue weighted by Crippen LogP contribution is 2.21. The van der Waals surface area contributed by atoms with Crippen LogP contribution in [-0.4, -0.2) is 5.11 Å². The van der Waals surface area contributed by atoms with Crippen molar-refractivity contribution in [1.29, 1.82) is 0 Å². The molecule has 0 atom stereocenters. The van der Waals surface area contributed by atoms with Gasteiger partial charge < -0.3 is 14.3 Å². The number of rotatable bonds is 4. The second-order valence-corrected chi connectivity index (χ2v) is 3.44. The molecule has 3 nitrogen and oxygen atoms in total. The van der Waals surface area contributed by atoms with Crippen LogP contribution < -0.4 is 4.74 Å². The lowest BCUT2D eigenvalue weighted by Gasteiger charge is -2.07. The molecule has 1 N–H and O–H groups in total. The van der Waals surface area contributed by atoms with Gasteiger partial charge >= 0.3 is 0 Å². The molecule has 0 saturated carbocycles. The van der Waals surface area contributed by atoms with E-state index in [-0.39, 0.29) is 17.9 Å². The van der Waals surface area contributed by atoms with Crippen molar-refractivity contribution in [2.24, 2.45) is 0 Å². The van der Waals surface area contributed by atoms with Crippen molar-refractivity contribution in [2.75, 3.05) is 0 Å². The van der Waals surface area contributed by atoms with Gasteiger partial charge in [-0.15, -0.1) is 0 Å². The Labute approximate surface area is 96.3 Å². The summed E-state index contributed by atoms with van der Waals surface area (Å²) in [6.07, 6.45) is 2.96. The summed E-state index contributed by atoms with van der Waals surface area (Å²) in [6.45, 7) is -0.520. The predicted molar refractivity (Wildman–Crippen MR) is 55.3 cm³/mol. The first-order valence-electron chi connectivity index (χ1n) is 4.93. The lowest BCUT2D eigenvalue weighted by atomic mass is 10.2. The second-order valence-electron chi connectivity index (χ2n) is 3.44. The van der Waals surface area contributed by atoms with Crippen LogP contribution in [0.25, 0.3) is 0 Å². The van der Waals surface area contributed by atoms with Crippen molar-refractivity contribution >= 4 is 0 Å². The number of aliphatic hydroxyl groups excluding tert-OH is 1. The number of hydrogen-bond acceptors (Lipinski definition) is 3. The van der Waals surface area contributed by atoms with Gasteiger partial charge in [0.15, 0.2) is 0 Å². The highest BCUT2D eigenvalue weighted by Gasteiger charge is 2.11. The van der Waals surface area contributed by atoms with Crippen LogP contribution >= 0.6 is 0 Å². The zero-order valence-electron chi connectivity index (χ0n) is 8.82. The van der Waals surface area contributed by atoms with E-state index in [2.05, 4.69) is 0 Å². The van der Waals surface area contributed by atoms with E-state index >= 15 is 0 Å². The number of aliphatic hydroxyl groups is 1.